The van der Waals surface area contributed by atoms with Gasteiger partial charge in [-0.1, -0.05) is 37.3 Å². The van der Waals surface area contributed by atoms with Crippen LogP contribution in [-0.4, -0.2) is 61.6 Å². The van der Waals surface area contributed by atoms with Crippen molar-refractivity contribution in [2.24, 2.45) is 0 Å². The summed E-state index contributed by atoms with van der Waals surface area (Å²) in [5, 5.41) is 14.1. The van der Waals surface area contributed by atoms with Crippen molar-refractivity contribution in [2.75, 3.05) is 36.0 Å². The average molecular weight is 536 g/mol. The van der Waals surface area contributed by atoms with E-state index in [1.807, 2.05) is 30.3 Å². The molecule has 1 N–H and O–H groups in total. The Morgan fingerprint density at radius 2 is 1.70 bits per heavy atom. The quantitative estimate of drug-likeness (QED) is 0.337. The molecule has 0 unspecified atom stereocenters. The zero-order valence-corrected chi connectivity index (χ0v) is 22.1. The highest BCUT2D eigenvalue weighted by Gasteiger charge is 2.22. The van der Waals surface area contributed by atoms with Crippen LogP contribution < -0.4 is 15.2 Å². The number of carboxylic acid groups (broad SMARTS) is 1. The van der Waals surface area contributed by atoms with Crippen LogP contribution in [0.2, 0.25) is 0 Å². The van der Waals surface area contributed by atoms with Crippen LogP contribution in [0.15, 0.2) is 84.3 Å². The maximum absolute atomic E-state index is 13.1. The molecule has 0 aliphatic carbocycles. The summed E-state index contributed by atoms with van der Waals surface area (Å²) >= 11 is 0. The van der Waals surface area contributed by atoms with E-state index in [0.717, 1.165) is 44.0 Å². The highest BCUT2D eigenvalue weighted by Crippen LogP contribution is 2.25. The molecule has 3 aromatic heterocycles. The van der Waals surface area contributed by atoms with E-state index >= 15 is 0 Å². The monoisotopic (exact) mass is 535 g/mol. The molecular weight excluding hydrogens is 506 g/mol. The Morgan fingerprint density at radius 1 is 0.950 bits per heavy atom. The number of carbonyl (C=O) groups is 1. The highest BCUT2D eigenvalue weighted by molar-refractivity contribution is 5.92. The first-order valence-corrected chi connectivity index (χ1v) is 13.3. The second kappa shape index (κ2) is 10.6. The summed E-state index contributed by atoms with van der Waals surface area (Å²) in [6.45, 7) is 6.01. The first-order chi connectivity index (χ1) is 19.5. The van der Waals surface area contributed by atoms with Crippen LogP contribution in [0.5, 0.6) is 0 Å². The van der Waals surface area contributed by atoms with Crippen LogP contribution in [0, 0.1) is 0 Å². The third kappa shape index (κ3) is 4.79. The van der Waals surface area contributed by atoms with Crippen molar-refractivity contribution < 1.29 is 9.90 Å². The summed E-state index contributed by atoms with van der Waals surface area (Å²) < 4.78 is 3.41. The number of aryl methyl sites for hydroxylation is 1. The highest BCUT2D eigenvalue weighted by atomic mass is 16.4. The molecule has 4 heterocycles. The summed E-state index contributed by atoms with van der Waals surface area (Å²) in [6, 6.07) is 19.7. The second-order valence-electron chi connectivity index (χ2n) is 9.80. The SMILES string of the molecule is CCc1ccccc1N1CCN(c2ccc3c(=O)c(C(=O)O)cn(-c4ccc(Cn5cncn5)cc4)c3n2)CC1. The standard InChI is InChI=1S/C30H29N7O3/c1-2-22-5-3-4-6-26(22)34-13-15-35(16-14-34)27-12-11-24-28(38)25(30(39)40)18-37(29(24)33-27)23-9-7-21(8-10-23)17-36-20-31-19-32-36/h3-12,18-20H,2,13-17H2,1H3,(H,39,40). The molecule has 202 valence electrons. The van der Waals surface area contributed by atoms with Crippen molar-refractivity contribution >= 4 is 28.5 Å². The number of piperazine rings is 1. The Bertz CT molecular complexity index is 1720. The number of hydrogen-bond acceptors (Lipinski definition) is 7. The fraction of sp³-hybridized carbons (Fsp3) is 0.233. The lowest BCUT2D eigenvalue weighted by molar-refractivity contribution is 0.0695. The Labute approximate surface area is 230 Å². The number of nitrogens with zero attached hydrogens (tertiary/aromatic N) is 7. The molecule has 5 aromatic rings. The van der Waals surface area contributed by atoms with E-state index in [1.54, 1.807) is 21.6 Å². The van der Waals surface area contributed by atoms with E-state index in [0.29, 0.717) is 17.9 Å². The molecule has 0 saturated carbocycles. The van der Waals surface area contributed by atoms with Crippen molar-refractivity contribution in [3.63, 3.8) is 0 Å². The van der Waals surface area contributed by atoms with Gasteiger partial charge in [0.1, 0.15) is 24.0 Å². The first-order valence-electron chi connectivity index (χ1n) is 13.3. The second-order valence-corrected chi connectivity index (χ2v) is 9.80. The molecule has 0 atom stereocenters. The molecule has 0 bridgehead atoms. The van der Waals surface area contributed by atoms with E-state index in [2.05, 4.69) is 51.1 Å². The van der Waals surface area contributed by atoms with Gasteiger partial charge in [0, 0.05) is 43.8 Å². The van der Waals surface area contributed by atoms with Gasteiger partial charge >= 0.3 is 5.97 Å². The number of aromatic carboxylic acids is 1. The molecule has 1 aliphatic rings. The number of aromatic nitrogens is 5. The van der Waals surface area contributed by atoms with Crippen LogP contribution in [0.3, 0.4) is 0 Å². The summed E-state index contributed by atoms with van der Waals surface area (Å²) in [5.74, 6) is -0.508. The number of para-hydroxylation sites is 1. The molecule has 0 amide bonds. The van der Waals surface area contributed by atoms with E-state index < -0.39 is 11.4 Å². The predicted octanol–water partition coefficient (Wildman–Crippen LogP) is 3.61. The smallest absolute Gasteiger partial charge is 0.341 e. The fourth-order valence-electron chi connectivity index (χ4n) is 5.28. The van der Waals surface area contributed by atoms with Gasteiger partial charge in [-0.3, -0.25) is 4.79 Å². The molecule has 40 heavy (non-hydrogen) atoms. The van der Waals surface area contributed by atoms with Crippen molar-refractivity contribution in [3.05, 3.63) is 106 Å². The van der Waals surface area contributed by atoms with E-state index in [9.17, 15) is 14.7 Å². The van der Waals surface area contributed by atoms with Crippen molar-refractivity contribution in [2.45, 2.75) is 19.9 Å². The van der Waals surface area contributed by atoms with Crippen LogP contribution >= 0.6 is 0 Å². The minimum Gasteiger partial charge on any atom is -0.477 e. The van der Waals surface area contributed by atoms with Crippen molar-refractivity contribution in [1.29, 1.82) is 0 Å². The zero-order valence-electron chi connectivity index (χ0n) is 22.1. The molecule has 1 fully saturated rings. The number of pyridine rings is 2. The number of carboxylic acids is 1. The lowest BCUT2D eigenvalue weighted by Crippen LogP contribution is -2.47. The molecule has 10 nitrogen and oxygen atoms in total. The van der Waals surface area contributed by atoms with E-state index in [4.69, 9.17) is 4.98 Å². The van der Waals surface area contributed by atoms with Gasteiger partial charge in [0.2, 0.25) is 5.43 Å². The predicted molar refractivity (Wildman–Crippen MR) is 154 cm³/mol. The minimum absolute atomic E-state index is 0.269. The summed E-state index contributed by atoms with van der Waals surface area (Å²) in [6.07, 6.45) is 5.49. The normalized spacial score (nSPS) is 13.6. The number of benzene rings is 2. The zero-order chi connectivity index (χ0) is 27.6. The number of fused-ring (bicyclic) bond motifs is 1. The third-order valence-electron chi connectivity index (χ3n) is 7.41. The van der Waals surface area contributed by atoms with Gasteiger partial charge in [-0.05, 0) is 47.9 Å². The van der Waals surface area contributed by atoms with Crippen LogP contribution in [-0.2, 0) is 13.0 Å². The van der Waals surface area contributed by atoms with Gasteiger partial charge in [-0.25, -0.2) is 19.4 Å². The van der Waals surface area contributed by atoms with Gasteiger partial charge in [-0.2, -0.15) is 5.10 Å². The lowest BCUT2D eigenvalue weighted by Gasteiger charge is -2.37. The van der Waals surface area contributed by atoms with E-state index in [1.165, 1.54) is 23.8 Å². The molecule has 2 aromatic carbocycles. The van der Waals surface area contributed by atoms with Gasteiger partial charge in [0.15, 0.2) is 5.65 Å². The lowest BCUT2D eigenvalue weighted by atomic mass is 10.1. The molecule has 0 spiro atoms. The topological polar surface area (TPSA) is 109 Å². The van der Waals surface area contributed by atoms with Gasteiger partial charge in [0.05, 0.1) is 11.9 Å². The molecular formula is C30H29N7O3. The molecule has 0 radical (unpaired) electrons. The molecule has 1 saturated heterocycles. The van der Waals surface area contributed by atoms with Crippen LogP contribution in [0.1, 0.15) is 28.4 Å². The van der Waals surface area contributed by atoms with Crippen LogP contribution in [0.25, 0.3) is 16.7 Å². The largest absolute Gasteiger partial charge is 0.477 e. The van der Waals surface area contributed by atoms with Crippen molar-refractivity contribution in [3.8, 4) is 5.69 Å². The third-order valence-corrected chi connectivity index (χ3v) is 7.41. The van der Waals surface area contributed by atoms with Crippen molar-refractivity contribution in [1.82, 2.24) is 24.3 Å². The average Bonchev–Trinajstić information content (AvgIpc) is 3.51. The Balaban J connectivity index is 1.33. The maximum Gasteiger partial charge on any atom is 0.341 e. The summed E-state index contributed by atoms with van der Waals surface area (Å²) in [4.78, 5) is 38.5. The molecule has 6 rings (SSSR count). The number of rotatable bonds is 7. The van der Waals surface area contributed by atoms with E-state index in [-0.39, 0.29) is 10.9 Å². The number of anilines is 2. The van der Waals surface area contributed by atoms with Crippen LogP contribution in [0.4, 0.5) is 11.5 Å². The first kappa shape index (κ1) is 25.3. The van der Waals surface area contributed by atoms with Gasteiger partial charge in [0.25, 0.3) is 0 Å². The summed E-state index contributed by atoms with van der Waals surface area (Å²) in [7, 11) is 0. The Kier molecular flexibility index (Phi) is 6.73. The van der Waals surface area contributed by atoms with Gasteiger partial charge in [-0.15, -0.1) is 0 Å². The summed E-state index contributed by atoms with van der Waals surface area (Å²) in [5.41, 5.74) is 3.92. The maximum atomic E-state index is 13.1. The Hall–Kier alpha value is -4.99. The number of hydrogen-bond donors (Lipinski definition) is 1. The van der Waals surface area contributed by atoms with Gasteiger partial charge < -0.3 is 19.5 Å². The molecule has 1 aliphatic heterocycles. The minimum atomic E-state index is -1.27. The fourth-order valence-corrected chi connectivity index (χ4v) is 5.28. The molecule has 10 heteroatoms. The Morgan fingerprint density at radius 3 is 2.40 bits per heavy atom.